The van der Waals surface area contributed by atoms with Crippen molar-refractivity contribution in [2.24, 2.45) is 0 Å². The highest BCUT2D eigenvalue weighted by Crippen LogP contribution is 2.43. The van der Waals surface area contributed by atoms with E-state index in [0.717, 1.165) is 77.0 Å². The van der Waals surface area contributed by atoms with Crippen LogP contribution in [0.25, 0.3) is 0 Å². The first-order chi connectivity index (χ1) is 23.3. The second-order valence-corrected chi connectivity index (χ2v) is 14.0. The molecule has 0 aliphatic rings. The van der Waals surface area contributed by atoms with Crippen LogP contribution in [0.2, 0.25) is 0 Å². The molecular weight excluding hydrogens is 627 g/mol. The predicted molar refractivity (Wildman–Crippen MR) is 198 cm³/mol. The van der Waals surface area contributed by atoms with Gasteiger partial charge in [-0.25, -0.2) is 4.57 Å². The molecule has 8 nitrogen and oxygen atoms in total. The third-order valence-electron chi connectivity index (χ3n) is 7.92. The van der Waals surface area contributed by atoms with E-state index in [9.17, 15) is 19.0 Å². The minimum absolute atomic E-state index is 0.00412. The Bertz CT molecular complexity index is 885. The number of phosphoric ester groups is 1. The molecule has 0 heterocycles. The molecule has 0 rings (SSSR count). The van der Waals surface area contributed by atoms with Gasteiger partial charge in [0.1, 0.15) is 6.61 Å². The number of esters is 2. The van der Waals surface area contributed by atoms with Crippen molar-refractivity contribution in [3.05, 3.63) is 36.5 Å². The molecule has 0 radical (unpaired) electrons. The highest BCUT2D eigenvalue weighted by atomic mass is 31.2. The number of unbranched alkanes of at least 4 members (excludes halogenated alkanes) is 17. The van der Waals surface area contributed by atoms with E-state index in [2.05, 4.69) is 50.3 Å². The van der Waals surface area contributed by atoms with Crippen LogP contribution in [-0.2, 0) is 32.7 Å². The normalized spacial score (nSPS) is 13.8. The Kier molecular flexibility index (Phi) is 33.8. The van der Waals surface area contributed by atoms with E-state index in [0.29, 0.717) is 6.42 Å². The van der Waals surface area contributed by atoms with Gasteiger partial charge in [-0.3, -0.25) is 18.6 Å². The number of rotatable bonds is 35. The molecule has 2 atom stereocenters. The quantitative estimate of drug-likeness (QED) is 0.0301. The zero-order valence-corrected chi connectivity index (χ0v) is 31.8. The maximum absolute atomic E-state index is 12.5. The Morgan fingerprint density at radius 2 is 1.00 bits per heavy atom. The van der Waals surface area contributed by atoms with Gasteiger partial charge in [0.15, 0.2) is 6.10 Å². The first-order valence-corrected chi connectivity index (χ1v) is 20.8. The molecule has 1 N–H and O–H groups in total. The van der Waals surface area contributed by atoms with E-state index >= 15 is 0 Å². The third-order valence-corrected chi connectivity index (χ3v) is 8.98. The molecule has 0 fully saturated rings. The summed E-state index contributed by atoms with van der Waals surface area (Å²) < 4.78 is 32.5. The summed E-state index contributed by atoms with van der Waals surface area (Å²) in [7, 11) is -4.28. The molecule has 0 saturated heterocycles. The molecule has 0 aliphatic carbocycles. The highest BCUT2D eigenvalue weighted by Gasteiger charge is 2.25. The summed E-state index contributed by atoms with van der Waals surface area (Å²) in [5.41, 5.74) is 0. The van der Waals surface area contributed by atoms with Crippen molar-refractivity contribution in [3.63, 3.8) is 0 Å². The van der Waals surface area contributed by atoms with Gasteiger partial charge in [-0.1, -0.05) is 121 Å². The first kappa shape index (κ1) is 46.3. The second-order valence-electron chi connectivity index (χ2n) is 12.6. The number of hydrogen-bond acceptors (Lipinski definition) is 7. The molecule has 280 valence electrons. The topological polar surface area (TPSA) is 108 Å². The molecule has 48 heavy (non-hydrogen) atoms. The van der Waals surface area contributed by atoms with E-state index in [1.165, 1.54) is 57.8 Å². The summed E-state index contributed by atoms with van der Waals surface area (Å²) in [6, 6.07) is 0. The summed E-state index contributed by atoms with van der Waals surface area (Å²) in [5, 5.41) is 0. The summed E-state index contributed by atoms with van der Waals surface area (Å²) in [5.74, 6) is -0.826. The number of carbonyl (C=O) groups excluding carboxylic acids is 2. The van der Waals surface area contributed by atoms with Gasteiger partial charge in [-0.15, -0.1) is 0 Å². The van der Waals surface area contributed by atoms with Crippen molar-refractivity contribution in [2.45, 2.75) is 181 Å². The number of hydrogen-bond donors (Lipinski definition) is 1. The smallest absolute Gasteiger partial charge is 0.462 e. The first-order valence-electron chi connectivity index (χ1n) is 19.3. The highest BCUT2D eigenvalue weighted by molar-refractivity contribution is 7.47. The van der Waals surface area contributed by atoms with Crippen LogP contribution in [0.1, 0.15) is 175 Å². The Morgan fingerprint density at radius 3 is 1.54 bits per heavy atom. The summed E-state index contributed by atoms with van der Waals surface area (Å²) in [4.78, 5) is 34.6. The lowest BCUT2D eigenvalue weighted by molar-refractivity contribution is -0.161. The average Bonchev–Trinajstić information content (AvgIpc) is 3.06. The number of phosphoric acid groups is 1. The number of carbonyl (C=O) groups is 2. The maximum atomic E-state index is 12.5. The van der Waals surface area contributed by atoms with E-state index < -0.39 is 26.5 Å². The molecule has 0 saturated carbocycles. The van der Waals surface area contributed by atoms with Crippen molar-refractivity contribution in [3.8, 4) is 0 Å². The number of ether oxygens (including phenoxy) is 2. The lowest BCUT2D eigenvalue weighted by Gasteiger charge is -2.19. The molecule has 0 aromatic carbocycles. The molecule has 0 aromatic rings. The standard InChI is InChI=1S/C39H71O8P/c1-4-7-9-11-13-15-17-19-20-21-22-24-26-28-30-32-34-39(41)47-37(36-46-48(42,43)45-6-3)35-44-38(40)33-31-29-27-25-23-18-16-14-12-10-8-5-2/h14-17,20-21,37H,4-13,18-19,22-36H2,1-3H3,(H,42,43)/b16-14-,17-15-,21-20-. The number of allylic oxidation sites excluding steroid dienone is 6. The summed E-state index contributed by atoms with van der Waals surface area (Å²) >= 11 is 0. The van der Waals surface area contributed by atoms with Gasteiger partial charge >= 0.3 is 19.8 Å². The molecule has 9 heteroatoms. The predicted octanol–water partition coefficient (Wildman–Crippen LogP) is 11.7. The van der Waals surface area contributed by atoms with Crippen molar-refractivity contribution in [2.75, 3.05) is 19.8 Å². The van der Waals surface area contributed by atoms with E-state index in [4.69, 9.17) is 18.5 Å². The fourth-order valence-electron chi connectivity index (χ4n) is 5.06. The van der Waals surface area contributed by atoms with Gasteiger partial charge in [0.05, 0.1) is 13.2 Å². The second kappa shape index (κ2) is 35.1. The van der Waals surface area contributed by atoms with Gasteiger partial charge < -0.3 is 14.4 Å². The Hall–Kier alpha value is -1.73. The van der Waals surface area contributed by atoms with Crippen molar-refractivity contribution < 1.29 is 37.6 Å². The lowest BCUT2D eigenvalue weighted by Crippen LogP contribution is -2.29. The van der Waals surface area contributed by atoms with E-state index in [1.54, 1.807) is 6.92 Å². The Balaban J connectivity index is 4.19. The lowest BCUT2D eigenvalue weighted by atomic mass is 10.1. The Morgan fingerprint density at radius 1 is 0.562 bits per heavy atom. The van der Waals surface area contributed by atoms with Gasteiger partial charge in [0.2, 0.25) is 0 Å². The fourth-order valence-corrected chi connectivity index (χ4v) is 5.82. The third kappa shape index (κ3) is 34.1. The van der Waals surface area contributed by atoms with Crippen molar-refractivity contribution in [1.29, 1.82) is 0 Å². The minimum Gasteiger partial charge on any atom is -0.462 e. The van der Waals surface area contributed by atoms with Gasteiger partial charge in [0.25, 0.3) is 0 Å². The van der Waals surface area contributed by atoms with Crippen LogP contribution in [0.3, 0.4) is 0 Å². The zero-order valence-electron chi connectivity index (χ0n) is 30.9. The van der Waals surface area contributed by atoms with Crippen LogP contribution in [0.15, 0.2) is 36.5 Å². The SMILES string of the molecule is CCCCC/C=C\CCCCCCCC(=O)OCC(COP(=O)(O)OCC)OC(=O)CCCCCCC/C=C\C/C=C\CCCCCC. The van der Waals surface area contributed by atoms with Crippen LogP contribution in [0.5, 0.6) is 0 Å². The molecule has 0 bridgehead atoms. The molecule has 0 spiro atoms. The molecule has 0 aliphatic heterocycles. The minimum atomic E-state index is -4.28. The zero-order chi connectivity index (χ0) is 35.4. The van der Waals surface area contributed by atoms with Crippen LogP contribution in [0, 0.1) is 0 Å². The average molecular weight is 699 g/mol. The molecule has 0 amide bonds. The van der Waals surface area contributed by atoms with E-state index in [1.807, 2.05) is 0 Å². The Labute approximate surface area is 294 Å². The maximum Gasteiger partial charge on any atom is 0.472 e. The van der Waals surface area contributed by atoms with Crippen LogP contribution < -0.4 is 0 Å². The molecular formula is C39H71O8P. The summed E-state index contributed by atoms with van der Waals surface area (Å²) in [6.07, 6.45) is 37.6. The fraction of sp³-hybridized carbons (Fsp3) is 0.795. The summed E-state index contributed by atoms with van der Waals surface area (Å²) in [6.45, 7) is 5.39. The van der Waals surface area contributed by atoms with Crippen LogP contribution in [0.4, 0.5) is 0 Å². The molecule has 2 unspecified atom stereocenters. The van der Waals surface area contributed by atoms with Crippen LogP contribution >= 0.6 is 7.82 Å². The van der Waals surface area contributed by atoms with Crippen molar-refractivity contribution in [1.82, 2.24) is 0 Å². The van der Waals surface area contributed by atoms with E-state index in [-0.39, 0.29) is 32.0 Å². The van der Waals surface area contributed by atoms with Crippen LogP contribution in [-0.4, -0.2) is 42.8 Å². The van der Waals surface area contributed by atoms with Gasteiger partial charge in [0, 0.05) is 12.8 Å². The molecule has 0 aromatic heterocycles. The van der Waals surface area contributed by atoms with Crippen molar-refractivity contribution >= 4 is 19.8 Å². The largest absolute Gasteiger partial charge is 0.472 e. The van der Waals surface area contributed by atoms with Gasteiger partial charge in [-0.05, 0) is 77.6 Å². The monoisotopic (exact) mass is 698 g/mol. The van der Waals surface area contributed by atoms with Gasteiger partial charge in [-0.2, -0.15) is 0 Å².